The molecule has 0 bridgehead atoms. The highest BCUT2D eigenvalue weighted by molar-refractivity contribution is 6.01. The first-order valence-corrected chi connectivity index (χ1v) is 13.5. The molecule has 0 spiro atoms. The number of aromatic amines is 1. The largest absolute Gasteiger partial charge is 0.491 e. The number of hydrogen-bond acceptors (Lipinski definition) is 6. The Hall–Kier alpha value is -4.40. The fourth-order valence-electron chi connectivity index (χ4n) is 4.53. The Bertz CT molecular complexity index is 1540. The number of fused-ring (bicyclic) bond motifs is 1. The summed E-state index contributed by atoms with van der Waals surface area (Å²) in [5, 5.41) is 10.3. The van der Waals surface area contributed by atoms with Crippen molar-refractivity contribution >= 4 is 28.7 Å². The number of pyridine rings is 2. The summed E-state index contributed by atoms with van der Waals surface area (Å²) in [4.78, 5) is 37.5. The van der Waals surface area contributed by atoms with Crippen molar-refractivity contribution < 1.29 is 14.3 Å². The molecule has 200 valence electrons. The van der Waals surface area contributed by atoms with Crippen LogP contribution in [-0.4, -0.2) is 45.0 Å². The SMILES string of the molecule is CC(C)Oc1cc(CNc2ncccc2C(=O)NC2CC2)cc(-c2c[nH]c3ncc(C(=O)NC4CC4)cc23)c1. The van der Waals surface area contributed by atoms with Crippen LogP contribution < -0.4 is 20.7 Å². The zero-order valence-electron chi connectivity index (χ0n) is 22.1. The van der Waals surface area contributed by atoms with E-state index in [9.17, 15) is 9.59 Å². The molecule has 4 N–H and O–H groups in total. The number of nitrogens with one attached hydrogen (secondary N) is 4. The van der Waals surface area contributed by atoms with Gasteiger partial charge in [-0.15, -0.1) is 0 Å². The Balaban J connectivity index is 1.29. The molecule has 6 rings (SSSR count). The number of amides is 2. The highest BCUT2D eigenvalue weighted by Gasteiger charge is 2.26. The standard InChI is InChI=1S/C30H32N6O3/c1-17(2)39-23-11-18(14-32-27-24(4-3-9-31-27)30(38)36-22-7-8-22)10-19(12-23)26-16-34-28-25(26)13-20(15-33-28)29(37)35-21-5-6-21/h3-4,9-13,15-17,21-22H,5-8,14H2,1-2H3,(H,31,32)(H,33,34)(H,35,37)(H,36,38). The van der Waals surface area contributed by atoms with Crippen LogP contribution in [-0.2, 0) is 6.54 Å². The van der Waals surface area contributed by atoms with Crippen molar-refractivity contribution in [2.75, 3.05) is 5.32 Å². The summed E-state index contributed by atoms with van der Waals surface area (Å²) in [6.45, 7) is 4.42. The van der Waals surface area contributed by atoms with Crippen LogP contribution in [0.25, 0.3) is 22.2 Å². The average Bonchev–Trinajstić information content (AvgIpc) is 3.86. The first-order valence-electron chi connectivity index (χ1n) is 13.5. The minimum absolute atomic E-state index is 0.00284. The lowest BCUT2D eigenvalue weighted by Crippen LogP contribution is -2.26. The van der Waals surface area contributed by atoms with Gasteiger partial charge < -0.3 is 25.7 Å². The van der Waals surface area contributed by atoms with Gasteiger partial charge in [0.15, 0.2) is 0 Å². The van der Waals surface area contributed by atoms with Crippen molar-refractivity contribution in [1.82, 2.24) is 25.6 Å². The molecule has 2 amide bonds. The number of H-pyrrole nitrogens is 1. The molecule has 2 saturated carbocycles. The summed E-state index contributed by atoms with van der Waals surface area (Å²) in [5.74, 6) is 1.06. The molecular formula is C30H32N6O3. The van der Waals surface area contributed by atoms with Crippen LogP contribution in [0.4, 0.5) is 5.82 Å². The van der Waals surface area contributed by atoms with E-state index < -0.39 is 0 Å². The van der Waals surface area contributed by atoms with Gasteiger partial charge in [-0.25, -0.2) is 9.97 Å². The molecule has 0 unspecified atom stereocenters. The van der Waals surface area contributed by atoms with Gasteiger partial charge in [0.1, 0.15) is 17.2 Å². The molecule has 9 nitrogen and oxygen atoms in total. The van der Waals surface area contributed by atoms with Gasteiger partial charge in [0, 0.05) is 48.2 Å². The third-order valence-electron chi connectivity index (χ3n) is 6.78. The van der Waals surface area contributed by atoms with E-state index in [1.54, 1.807) is 24.5 Å². The zero-order valence-corrected chi connectivity index (χ0v) is 22.1. The van der Waals surface area contributed by atoms with Crippen LogP contribution in [0.1, 0.15) is 65.8 Å². The molecule has 0 saturated heterocycles. The lowest BCUT2D eigenvalue weighted by Gasteiger charge is -2.15. The summed E-state index contributed by atoms with van der Waals surface area (Å²) >= 11 is 0. The minimum atomic E-state index is -0.112. The molecule has 4 aromatic rings. The van der Waals surface area contributed by atoms with Crippen LogP contribution in [0.15, 0.2) is 55.0 Å². The van der Waals surface area contributed by atoms with E-state index in [1.165, 1.54) is 0 Å². The van der Waals surface area contributed by atoms with Crippen LogP contribution >= 0.6 is 0 Å². The van der Waals surface area contributed by atoms with Gasteiger partial charge in [0.05, 0.1) is 17.2 Å². The fraction of sp³-hybridized carbons (Fsp3) is 0.333. The lowest BCUT2D eigenvalue weighted by molar-refractivity contribution is 0.0942. The van der Waals surface area contributed by atoms with E-state index in [0.29, 0.717) is 29.1 Å². The zero-order chi connectivity index (χ0) is 26.9. The Morgan fingerprint density at radius 1 is 1.03 bits per heavy atom. The van der Waals surface area contributed by atoms with Gasteiger partial charge in [-0.3, -0.25) is 9.59 Å². The second-order valence-corrected chi connectivity index (χ2v) is 10.6. The predicted octanol–water partition coefficient (Wildman–Crippen LogP) is 4.81. The number of anilines is 1. The topological polar surface area (TPSA) is 121 Å². The first kappa shape index (κ1) is 24.9. The van der Waals surface area contributed by atoms with Crippen LogP contribution in [0, 0.1) is 0 Å². The second kappa shape index (κ2) is 10.4. The Morgan fingerprint density at radius 2 is 1.79 bits per heavy atom. The number of carbonyl (C=O) groups is 2. The molecule has 2 aliphatic rings. The average molecular weight is 525 g/mol. The molecule has 0 aliphatic heterocycles. The van der Waals surface area contributed by atoms with Crippen LogP contribution in [0.2, 0.25) is 0 Å². The summed E-state index contributed by atoms with van der Waals surface area (Å²) < 4.78 is 6.09. The molecule has 9 heteroatoms. The Kier molecular flexibility index (Phi) is 6.64. The highest BCUT2D eigenvalue weighted by Crippen LogP contribution is 2.33. The maximum atomic E-state index is 12.7. The Labute approximate surface area is 226 Å². The number of carbonyl (C=O) groups excluding carboxylic acids is 2. The minimum Gasteiger partial charge on any atom is -0.491 e. The highest BCUT2D eigenvalue weighted by atomic mass is 16.5. The molecule has 0 atom stereocenters. The van der Waals surface area contributed by atoms with Gasteiger partial charge in [0.2, 0.25) is 0 Å². The lowest BCUT2D eigenvalue weighted by atomic mass is 10.0. The van der Waals surface area contributed by atoms with Crippen molar-refractivity contribution in [3.63, 3.8) is 0 Å². The number of nitrogens with zero attached hydrogens (tertiary/aromatic N) is 2. The number of rotatable bonds is 10. The van der Waals surface area contributed by atoms with E-state index >= 15 is 0 Å². The number of ether oxygens (including phenoxy) is 1. The summed E-state index contributed by atoms with van der Waals surface area (Å²) in [7, 11) is 0. The van der Waals surface area contributed by atoms with Gasteiger partial charge in [0.25, 0.3) is 11.8 Å². The fourth-order valence-corrected chi connectivity index (χ4v) is 4.53. The van der Waals surface area contributed by atoms with E-state index in [0.717, 1.165) is 53.5 Å². The molecule has 39 heavy (non-hydrogen) atoms. The molecule has 3 heterocycles. The number of aromatic nitrogens is 3. The maximum Gasteiger partial charge on any atom is 0.255 e. The molecule has 3 aromatic heterocycles. The molecule has 2 aliphatic carbocycles. The van der Waals surface area contributed by atoms with Gasteiger partial charge in [-0.1, -0.05) is 0 Å². The summed E-state index contributed by atoms with van der Waals surface area (Å²) in [6.07, 6.45) is 9.30. The van der Waals surface area contributed by atoms with Crippen molar-refractivity contribution in [3.8, 4) is 16.9 Å². The van der Waals surface area contributed by atoms with Crippen molar-refractivity contribution in [2.45, 2.75) is 64.3 Å². The van der Waals surface area contributed by atoms with Gasteiger partial charge >= 0.3 is 0 Å². The van der Waals surface area contributed by atoms with Gasteiger partial charge in [-0.05, 0) is 87.1 Å². The van der Waals surface area contributed by atoms with E-state index in [1.807, 2.05) is 38.2 Å². The summed E-state index contributed by atoms with van der Waals surface area (Å²) in [5.41, 5.74) is 4.61. The quantitative estimate of drug-likeness (QED) is 0.236. The normalized spacial score (nSPS) is 14.8. The Morgan fingerprint density at radius 3 is 2.54 bits per heavy atom. The van der Waals surface area contributed by atoms with Crippen molar-refractivity contribution in [1.29, 1.82) is 0 Å². The van der Waals surface area contributed by atoms with E-state index in [-0.39, 0.29) is 30.0 Å². The van der Waals surface area contributed by atoms with E-state index in [4.69, 9.17) is 4.74 Å². The molecule has 1 aromatic carbocycles. The first-order chi connectivity index (χ1) is 18.9. The third kappa shape index (κ3) is 5.87. The maximum absolute atomic E-state index is 12.7. The third-order valence-corrected chi connectivity index (χ3v) is 6.78. The van der Waals surface area contributed by atoms with Crippen LogP contribution in [0.3, 0.4) is 0 Å². The smallest absolute Gasteiger partial charge is 0.255 e. The van der Waals surface area contributed by atoms with E-state index in [2.05, 4.69) is 37.0 Å². The number of benzene rings is 1. The summed E-state index contributed by atoms with van der Waals surface area (Å²) in [6, 6.07) is 12.1. The van der Waals surface area contributed by atoms with Crippen molar-refractivity contribution in [2.24, 2.45) is 0 Å². The molecular weight excluding hydrogens is 492 g/mol. The van der Waals surface area contributed by atoms with Gasteiger partial charge in [-0.2, -0.15) is 0 Å². The molecule has 2 fully saturated rings. The molecule has 0 radical (unpaired) electrons. The monoisotopic (exact) mass is 524 g/mol. The second-order valence-electron chi connectivity index (χ2n) is 10.6. The van der Waals surface area contributed by atoms with Crippen LogP contribution in [0.5, 0.6) is 5.75 Å². The number of hydrogen-bond donors (Lipinski definition) is 4. The predicted molar refractivity (Wildman–Crippen MR) is 150 cm³/mol. The van der Waals surface area contributed by atoms with Crippen molar-refractivity contribution in [3.05, 3.63) is 71.7 Å².